The molecule has 164 valence electrons. The summed E-state index contributed by atoms with van der Waals surface area (Å²) in [5.74, 6) is 1.78. The van der Waals surface area contributed by atoms with Crippen molar-refractivity contribution in [1.29, 1.82) is 0 Å². The summed E-state index contributed by atoms with van der Waals surface area (Å²) in [6.45, 7) is 11.1. The zero-order chi connectivity index (χ0) is 19.6. The summed E-state index contributed by atoms with van der Waals surface area (Å²) in [7, 11) is 0. The second-order valence-electron chi connectivity index (χ2n) is 7.83. The highest BCUT2D eigenvalue weighted by Crippen LogP contribution is 2.29. The van der Waals surface area contributed by atoms with Crippen molar-refractivity contribution in [2.24, 2.45) is 10.9 Å². The Labute approximate surface area is 197 Å². The Kier molecular flexibility index (Phi) is 11.6. The van der Waals surface area contributed by atoms with Gasteiger partial charge in [-0.3, -0.25) is 9.89 Å². The van der Waals surface area contributed by atoms with Crippen LogP contribution in [0.2, 0.25) is 0 Å². The number of nitrogens with zero attached hydrogens (tertiary/aromatic N) is 2. The molecule has 1 aromatic rings. The molecule has 3 heterocycles. The van der Waals surface area contributed by atoms with E-state index in [2.05, 4.69) is 53.0 Å². The second kappa shape index (κ2) is 13.6. The van der Waals surface area contributed by atoms with Gasteiger partial charge in [-0.1, -0.05) is 24.6 Å². The molecular formula is C22H37IN4OS. The Hall–Kier alpha value is -0.640. The van der Waals surface area contributed by atoms with Crippen LogP contribution in [0.4, 0.5) is 0 Å². The minimum Gasteiger partial charge on any atom is -0.377 e. The summed E-state index contributed by atoms with van der Waals surface area (Å²) >= 11 is 1.86. The fourth-order valence-corrected chi connectivity index (χ4v) is 4.71. The molecule has 3 rings (SSSR count). The molecule has 5 nitrogen and oxygen atoms in total. The van der Waals surface area contributed by atoms with E-state index < -0.39 is 0 Å². The number of likely N-dealkylation sites (tertiary alicyclic amines) is 1. The van der Waals surface area contributed by atoms with Crippen molar-refractivity contribution < 1.29 is 4.74 Å². The Balaban J connectivity index is 0.00000300. The van der Waals surface area contributed by atoms with Gasteiger partial charge in [0.25, 0.3) is 0 Å². The molecule has 0 bridgehead atoms. The topological polar surface area (TPSA) is 48.9 Å². The van der Waals surface area contributed by atoms with E-state index in [0.29, 0.717) is 6.04 Å². The highest BCUT2D eigenvalue weighted by atomic mass is 127. The Morgan fingerprint density at radius 1 is 1.34 bits per heavy atom. The minimum absolute atomic E-state index is 0. The van der Waals surface area contributed by atoms with Crippen LogP contribution in [0.15, 0.2) is 34.2 Å². The monoisotopic (exact) mass is 532 g/mol. The third kappa shape index (κ3) is 8.19. The highest BCUT2D eigenvalue weighted by Gasteiger charge is 2.25. The summed E-state index contributed by atoms with van der Waals surface area (Å²) in [5, 5.41) is 9.12. The SMILES string of the molecule is CCNC(=NCC(c1cccs1)N1CCC(C)CC1)NCCC1=CCOCC1.I. The number of nitrogens with one attached hydrogen (secondary N) is 2. The van der Waals surface area contributed by atoms with Crippen LogP contribution >= 0.6 is 35.3 Å². The molecule has 1 atom stereocenters. The average Bonchev–Trinajstić information content (AvgIpc) is 3.25. The number of thiophene rings is 1. The third-order valence-electron chi connectivity index (χ3n) is 5.69. The van der Waals surface area contributed by atoms with Gasteiger partial charge in [-0.05, 0) is 63.1 Å². The number of hydrogen-bond donors (Lipinski definition) is 2. The number of rotatable bonds is 8. The molecule has 0 amide bonds. The molecule has 2 aliphatic rings. The minimum atomic E-state index is 0. The summed E-state index contributed by atoms with van der Waals surface area (Å²) in [4.78, 5) is 9.02. The molecule has 7 heteroatoms. The third-order valence-corrected chi connectivity index (χ3v) is 6.67. The fraction of sp³-hybridized carbons (Fsp3) is 0.682. The predicted octanol–water partition coefficient (Wildman–Crippen LogP) is 4.43. The van der Waals surface area contributed by atoms with E-state index in [9.17, 15) is 0 Å². The summed E-state index contributed by atoms with van der Waals surface area (Å²) in [6, 6.07) is 4.82. The van der Waals surface area contributed by atoms with Gasteiger partial charge < -0.3 is 15.4 Å². The fourth-order valence-electron chi connectivity index (χ4n) is 3.86. The van der Waals surface area contributed by atoms with Gasteiger partial charge in [0.05, 0.1) is 25.8 Å². The van der Waals surface area contributed by atoms with Crippen molar-refractivity contribution in [3.63, 3.8) is 0 Å². The number of halogens is 1. The Morgan fingerprint density at radius 3 is 2.83 bits per heavy atom. The highest BCUT2D eigenvalue weighted by molar-refractivity contribution is 14.0. The molecule has 0 saturated carbocycles. The molecule has 29 heavy (non-hydrogen) atoms. The summed E-state index contributed by atoms with van der Waals surface area (Å²) in [5.41, 5.74) is 1.49. The maximum absolute atomic E-state index is 5.39. The van der Waals surface area contributed by atoms with Gasteiger partial charge >= 0.3 is 0 Å². The maximum Gasteiger partial charge on any atom is 0.191 e. The summed E-state index contributed by atoms with van der Waals surface area (Å²) in [6.07, 6.45) is 6.93. The lowest BCUT2D eigenvalue weighted by molar-refractivity contribution is 0.143. The predicted molar refractivity (Wildman–Crippen MR) is 135 cm³/mol. The number of ether oxygens (including phenoxy) is 1. The lowest BCUT2D eigenvalue weighted by Crippen LogP contribution is -2.40. The quantitative estimate of drug-likeness (QED) is 0.225. The zero-order valence-corrected chi connectivity index (χ0v) is 21.0. The van der Waals surface area contributed by atoms with Crippen LogP contribution in [0.5, 0.6) is 0 Å². The lowest BCUT2D eigenvalue weighted by Gasteiger charge is -2.35. The van der Waals surface area contributed by atoms with E-state index in [4.69, 9.17) is 9.73 Å². The first-order chi connectivity index (χ1) is 13.8. The van der Waals surface area contributed by atoms with E-state index >= 15 is 0 Å². The van der Waals surface area contributed by atoms with Crippen LogP contribution in [0.25, 0.3) is 0 Å². The molecular weight excluding hydrogens is 495 g/mol. The zero-order valence-electron chi connectivity index (χ0n) is 17.9. The molecule has 0 aliphatic carbocycles. The average molecular weight is 533 g/mol. The molecule has 1 fully saturated rings. The smallest absolute Gasteiger partial charge is 0.191 e. The van der Waals surface area contributed by atoms with Crippen molar-refractivity contribution in [2.75, 3.05) is 45.9 Å². The normalized spacial score (nSPS) is 19.9. The van der Waals surface area contributed by atoms with E-state index in [0.717, 1.165) is 57.6 Å². The number of guanidine groups is 1. The molecule has 1 saturated heterocycles. The van der Waals surface area contributed by atoms with Crippen molar-refractivity contribution in [3.8, 4) is 0 Å². The molecule has 0 aromatic carbocycles. The number of hydrogen-bond acceptors (Lipinski definition) is 4. The maximum atomic E-state index is 5.39. The van der Waals surface area contributed by atoms with E-state index in [-0.39, 0.29) is 24.0 Å². The Bertz CT molecular complexity index is 627. The standard InChI is InChI=1S/C22H36N4OS.HI/c1-3-23-22(24-11-6-19-9-14-27-15-10-19)25-17-20(21-5-4-16-28-21)26-12-7-18(2)8-13-26;/h4-5,9,16,18,20H,3,6-8,10-15,17H2,1-2H3,(H2,23,24,25);1H. The molecule has 2 N–H and O–H groups in total. The van der Waals surface area contributed by atoms with E-state index in [1.54, 1.807) is 0 Å². The number of piperidine rings is 1. The van der Waals surface area contributed by atoms with Crippen LogP contribution in [-0.4, -0.2) is 56.8 Å². The van der Waals surface area contributed by atoms with E-state index in [1.807, 2.05) is 11.3 Å². The van der Waals surface area contributed by atoms with Crippen LogP contribution in [-0.2, 0) is 4.74 Å². The van der Waals surface area contributed by atoms with Gasteiger partial charge in [0.15, 0.2) is 5.96 Å². The van der Waals surface area contributed by atoms with Gasteiger partial charge in [-0.2, -0.15) is 0 Å². The van der Waals surface area contributed by atoms with Gasteiger partial charge in [0.1, 0.15) is 0 Å². The summed E-state index contributed by atoms with van der Waals surface area (Å²) < 4.78 is 5.39. The number of aliphatic imine (C=N–C) groups is 1. The largest absolute Gasteiger partial charge is 0.377 e. The second-order valence-corrected chi connectivity index (χ2v) is 8.81. The van der Waals surface area contributed by atoms with Crippen LogP contribution in [0.1, 0.15) is 50.4 Å². The molecule has 2 aliphatic heterocycles. The van der Waals surface area contributed by atoms with Crippen molar-refractivity contribution in [2.45, 2.75) is 45.6 Å². The van der Waals surface area contributed by atoms with Gasteiger partial charge in [0, 0.05) is 18.0 Å². The molecule has 0 radical (unpaired) electrons. The van der Waals surface area contributed by atoms with Gasteiger partial charge in [-0.25, -0.2) is 0 Å². The van der Waals surface area contributed by atoms with Crippen LogP contribution < -0.4 is 10.6 Å². The van der Waals surface area contributed by atoms with Crippen molar-refractivity contribution in [1.82, 2.24) is 15.5 Å². The van der Waals surface area contributed by atoms with Gasteiger partial charge in [-0.15, -0.1) is 35.3 Å². The first kappa shape index (κ1) is 24.6. The van der Waals surface area contributed by atoms with Crippen molar-refractivity contribution >= 4 is 41.3 Å². The van der Waals surface area contributed by atoms with Crippen molar-refractivity contribution in [3.05, 3.63) is 34.0 Å². The van der Waals surface area contributed by atoms with Crippen LogP contribution in [0, 0.1) is 5.92 Å². The lowest BCUT2D eigenvalue weighted by atomic mass is 9.97. The van der Waals surface area contributed by atoms with Crippen LogP contribution in [0.3, 0.4) is 0 Å². The first-order valence-electron chi connectivity index (χ1n) is 10.8. The molecule has 0 spiro atoms. The van der Waals surface area contributed by atoms with Gasteiger partial charge in [0.2, 0.25) is 0 Å². The molecule has 1 unspecified atom stereocenters. The molecule has 1 aromatic heterocycles. The first-order valence-corrected chi connectivity index (χ1v) is 11.7. The Morgan fingerprint density at radius 2 is 2.17 bits per heavy atom. The van der Waals surface area contributed by atoms with E-state index in [1.165, 1.54) is 36.4 Å².